The molecular weight excluding hydrogens is 162 g/mol. The average molecular weight is 185 g/mol. The van der Waals surface area contributed by atoms with E-state index >= 15 is 0 Å². The Balaban J connectivity index is 2.08. The van der Waals surface area contributed by atoms with Gasteiger partial charge in [-0.2, -0.15) is 0 Å². The molecule has 78 valence electrons. The molecule has 2 N–H and O–H groups in total. The van der Waals surface area contributed by atoms with Crippen LogP contribution in [0.4, 0.5) is 0 Å². The van der Waals surface area contributed by atoms with Gasteiger partial charge in [0.2, 0.25) is 0 Å². The average Bonchev–Trinajstić information content (AvgIpc) is 2.16. The van der Waals surface area contributed by atoms with E-state index < -0.39 is 0 Å². The molecule has 0 aliphatic heterocycles. The summed E-state index contributed by atoms with van der Waals surface area (Å²) in [5.41, 5.74) is 5.70. The first-order valence-corrected chi connectivity index (χ1v) is 5.59. The van der Waals surface area contributed by atoms with Crippen LogP contribution in [0.2, 0.25) is 0 Å². The Bertz CT molecular complexity index is 130. The molecule has 1 aliphatic rings. The van der Waals surface area contributed by atoms with E-state index in [0.29, 0.717) is 0 Å². The quantitative estimate of drug-likeness (QED) is 0.683. The van der Waals surface area contributed by atoms with Gasteiger partial charge in [-0.05, 0) is 31.1 Å². The number of ether oxygens (including phenoxy) is 1. The van der Waals surface area contributed by atoms with Crippen LogP contribution >= 0.6 is 0 Å². The summed E-state index contributed by atoms with van der Waals surface area (Å²) >= 11 is 0. The Labute approximate surface area is 81.8 Å². The molecule has 1 saturated carbocycles. The van der Waals surface area contributed by atoms with E-state index in [9.17, 15) is 0 Å². The molecule has 1 unspecified atom stereocenters. The van der Waals surface area contributed by atoms with Crippen molar-refractivity contribution in [3.05, 3.63) is 0 Å². The predicted molar refractivity (Wildman–Crippen MR) is 55.3 cm³/mol. The minimum absolute atomic E-state index is 0.0423. The summed E-state index contributed by atoms with van der Waals surface area (Å²) in [5.74, 6) is 1.70. The Hall–Kier alpha value is -0.0800. The van der Waals surface area contributed by atoms with E-state index in [1.54, 1.807) is 0 Å². The molecule has 0 radical (unpaired) electrons. The Kier molecular flexibility index (Phi) is 4.74. The van der Waals surface area contributed by atoms with Crippen LogP contribution in [-0.2, 0) is 4.74 Å². The SMILES string of the molecule is CCC(N)OCC1CCC(C)CC1. The third-order valence-corrected chi connectivity index (χ3v) is 3.08. The maximum absolute atomic E-state index is 5.70. The first-order valence-electron chi connectivity index (χ1n) is 5.59. The second kappa shape index (κ2) is 5.61. The summed E-state index contributed by atoms with van der Waals surface area (Å²) in [5, 5.41) is 0. The molecule has 1 fully saturated rings. The number of rotatable bonds is 4. The zero-order valence-electron chi connectivity index (χ0n) is 8.96. The molecule has 1 rings (SSSR count). The summed E-state index contributed by atoms with van der Waals surface area (Å²) in [6.07, 6.45) is 6.28. The summed E-state index contributed by atoms with van der Waals surface area (Å²) in [4.78, 5) is 0. The van der Waals surface area contributed by atoms with Crippen molar-refractivity contribution in [2.45, 2.75) is 52.2 Å². The van der Waals surface area contributed by atoms with Crippen molar-refractivity contribution in [1.82, 2.24) is 0 Å². The molecule has 0 heterocycles. The normalized spacial score (nSPS) is 31.6. The molecule has 0 aromatic carbocycles. The molecule has 0 aromatic rings. The lowest BCUT2D eigenvalue weighted by atomic mass is 9.83. The lowest BCUT2D eigenvalue weighted by Gasteiger charge is -2.26. The summed E-state index contributed by atoms with van der Waals surface area (Å²) in [6, 6.07) is 0. The molecular formula is C11H23NO. The molecule has 1 aliphatic carbocycles. The van der Waals surface area contributed by atoms with E-state index in [1.165, 1.54) is 25.7 Å². The van der Waals surface area contributed by atoms with Gasteiger partial charge in [-0.15, -0.1) is 0 Å². The first-order chi connectivity index (χ1) is 6.22. The highest BCUT2D eigenvalue weighted by Gasteiger charge is 2.18. The lowest BCUT2D eigenvalue weighted by Crippen LogP contribution is -2.27. The van der Waals surface area contributed by atoms with E-state index in [0.717, 1.165) is 24.9 Å². The molecule has 0 aromatic heterocycles. The fourth-order valence-corrected chi connectivity index (χ4v) is 1.87. The lowest BCUT2D eigenvalue weighted by molar-refractivity contribution is 0.0193. The second-order valence-corrected chi connectivity index (χ2v) is 4.41. The molecule has 0 spiro atoms. The van der Waals surface area contributed by atoms with Crippen LogP contribution in [0.1, 0.15) is 46.0 Å². The zero-order chi connectivity index (χ0) is 9.68. The van der Waals surface area contributed by atoms with Crippen molar-refractivity contribution < 1.29 is 4.74 Å². The summed E-state index contributed by atoms with van der Waals surface area (Å²) in [6.45, 7) is 5.28. The highest BCUT2D eigenvalue weighted by Crippen LogP contribution is 2.28. The third kappa shape index (κ3) is 4.10. The van der Waals surface area contributed by atoms with Crippen molar-refractivity contribution in [2.75, 3.05) is 6.61 Å². The zero-order valence-corrected chi connectivity index (χ0v) is 8.96. The molecule has 2 heteroatoms. The third-order valence-electron chi connectivity index (χ3n) is 3.08. The fraction of sp³-hybridized carbons (Fsp3) is 1.00. The van der Waals surface area contributed by atoms with Gasteiger partial charge in [0, 0.05) is 0 Å². The van der Waals surface area contributed by atoms with Crippen molar-refractivity contribution in [1.29, 1.82) is 0 Å². The standard InChI is InChI=1S/C11H23NO/c1-3-11(12)13-8-10-6-4-9(2)5-7-10/h9-11H,3-8,12H2,1-2H3. The van der Waals surface area contributed by atoms with Gasteiger partial charge in [0.1, 0.15) is 6.23 Å². The second-order valence-electron chi connectivity index (χ2n) is 4.41. The molecule has 13 heavy (non-hydrogen) atoms. The molecule has 0 amide bonds. The van der Waals surface area contributed by atoms with E-state index in [4.69, 9.17) is 10.5 Å². The highest BCUT2D eigenvalue weighted by molar-refractivity contribution is 4.69. The van der Waals surface area contributed by atoms with Crippen LogP contribution in [0.3, 0.4) is 0 Å². The molecule has 1 atom stereocenters. The molecule has 0 saturated heterocycles. The first kappa shape index (κ1) is 11.0. The monoisotopic (exact) mass is 185 g/mol. The van der Waals surface area contributed by atoms with E-state index in [-0.39, 0.29) is 6.23 Å². The van der Waals surface area contributed by atoms with Crippen LogP contribution in [0.5, 0.6) is 0 Å². The van der Waals surface area contributed by atoms with Gasteiger partial charge in [-0.1, -0.05) is 26.7 Å². The predicted octanol–water partition coefficient (Wildman–Crippen LogP) is 2.52. The minimum Gasteiger partial charge on any atom is -0.363 e. The van der Waals surface area contributed by atoms with Crippen molar-refractivity contribution in [3.8, 4) is 0 Å². The number of hydrogen-bond acceptors (Lipinski definition) is 2. The molecule has 0 bridgehead atoms. The number of nitrogens with two attached hydrogens (primary N) is 1. The summed E-state index contributed by atoms with van der Waals surface area (Å²) < 4.78 is 5.54. The van der Waals surface area contributed by atoms with Gasteiger partial charge < -0.3 is 10.5 Å². The van der Waals surface area contributed by atoms with Gasteiger partial charge in [0.25, 0.3) is 0 Å². The Morgan fingerprint density at radius 2 is 1.92 bits per heavy atom. The van der Waals surface area contributed by atoms with Crippen LogP contribution < -0.4 is 5.73 Å². The largest absolute Gasteiger partial charge is 0.363 e. The van der Waals surface area contributed by atoms with Gasteiger partial charge in [0.05, 0.1) is 6.61 Å². The highest BCUT2D eigenvalue weighted by atomic mass is 16.5. The van der Waals surface area contributed by atoms with E-state index in [2.05, 4.69) is 13.8 Å². The van der Waals surface area contributed by atoms with Crippen LogP contribution in [0.15, 0.2) is 0 Å². The maximum Gasteiger partial charge on any atom is 0.105 e. The smallest absolute Gasteiger partial charge is 0.105 e. The topological polar surface area (TPSA) is 35.2 Å². The Morgan fingerprint density at radius 3 is 2.46 bits per heavy atom. The van der Waals surface area contributed by atoms with Crippen molar-refractivity contribution in [2.24, 2.45) is 17.6 Å². The fourth-order valence-electron chi connectivity index (χ4n) is 1.87. The summed E-state index contributed by atoms with van der Waals surface area (Å²) in [7, 11) is 0. The van der Waals surface area contributed by atoms with Gasteiger partial charge in [-0.3, -0.25) is 0 Å². The van der Waals surface area contributed by atoms with Gasteiger partial charge in [-0.25, -0.2) is 0 Å². The number of hydrogen-bond donors (Lipinski definition) is 1. The minimum atomic E-state index is -0.0423. The van der Waals surface area contributed by atoms with Crippen LogP contribution in [-0.4, -0.2) is 12.8 Å². The van der Waals surface area contributed by atoms with E-state index in [1.807, 2.05) is 0 Å². The maximum atomic E-state index is 5.70. The van der Waals surface area contributed by atoms with Crippen molar-refractivity contribution >= 4 is 0 Å². The molecule has 2 nitrogen and oxygen atoms in total. The van der Waals surface area contributed by atoms with Crippen molar-refractivity contribution in [3.63, 3.8) is 0 Å². The Morgan fingerprint density at radius 1 is 1.31 bits per heavy atom. The van der Waals surface area contributed by atoms with Gasteiger partial charge in [0.15, 0.2) is 0 Å². The van der Waals surface area contributed by atoms with Crippen LogP contribution in [0, 0.1) is 11.8 Å². The van der Waals surface area contributed by atoms with Gasteiger partial charge >= 0.3 is 0 Å². The van der Waals surface area contributed by atoms with Crippen LogP contribution in [0.25, 0.3) is 0 Å².